The fraction of sp³-hybridized carbons (Fsp3) is 0.846. The first kappa shape index (κ1) is 19.9. The maximum absolute atomic E-state index is 11.9. The summed E-state index contributed by atoms with van der Waals surface area (Å²) in [6, 6.07) is 0. The molecule has 0 aliphatic heterocycles. The molecule has 1 amide bonds. The Labute approximate surface area is 126 Å². The van der Waals surface area contributed by atoms with Crippen LogP contribution in [-0.2, 0) is 19.6 Å². The summed E-state index contributed by atoms with van der Waals surface area (Å²) in [5.74, 6) is -1.39. The van der Waals surface area contributed by atoms with Gasteiger partial charge in [-0.3, -0.25) is 9.59 Å². The second kappa shape index (κ2) is 7.22. The van der Waals surface area contributed by atoms with Crippen molar-refractivity contribution in [3.63, 3.8) is 0 Å². The van der Waals surface area contributed by atoms with Gasteiger partial charge >= 0.3 is 5.97 Å². The van der Waals surface area contributed by atoms with Crippen molar-refractivity contribution < 1.29 is 23.1 Å². The minimum atomic E-state index is -3.38. The maximum Gasteiger partial charge on any atom is 0.310 e. The zero-order chi connectivity index (χ0) is 16.9. The number of carboxylic acids is 1. The number of aliphatic carboxylic acids is 1. The van der Waals surface area contributed by atoms with Gasteiger partial charge in [0.25, 0.3) is 0 Å². The molecule has 0 aliphatic rings. The van der Waals surface area contributed by atoms with Gasteiger partial charge in [0.15, 0.2) is 0 Å². The zero-order valence-corrected chi connectivity index (χ0v) is 14.1. The van der Waals surface area contributed by atoms with Crippen LogP contribution in [-0.4, -0.2) is 43.7 Å². The summed E-state index contributed by atoms with van der Waals surface area (Å²) < 4.78 is 24.8. The topological polar surface area (TPSA) is 113 Å². The molecule has 0 aromatic rings. The summed E-state index contributed by atoms with van der Waals surface area (Å²) in [6.07, 6.45) is 1.64. The molecule has 0 atom stereocenters. The SMILES string of the molecule is CCC(CC)(CC(=O)NCC(C)(C)NS(C)(=O)=O)C(=O)O. The number of carbonyl (C=O) groups is 2. The Morgan fingerprint density at radius 1 is 1.14 bits per heavy atom. The van der Waals surface area contributed by atoms with Crippen LogP contribution in [0, 0.1) is 5.41 Å². The quantitative estimate of drug-likeness (QED) is 0.579. The number of hydrogen-bond acceptors (Lipinski definition) is 4. The van der Waals surface area contributed by atoms with Gasteiger partial charge in [0.2, 0.25) is 15.9 Å². The van der Waals surface area contributed by atoms with Crippen LogP contribution in [0.5, 0.6) is 0 Å². The largest absolute Gasteiger partial charge is 0.481 e. The Kier molecular flexibility index (Phi) is 6.82. The summed E-state index contributed by atoms with van der Waals surface area (Å²) >= 11 is 0. The molecule has 7 nitrogen and oxygen atoms in total. The molecule has 0 fully saturated rings. The van der Waals surface area contributed by atoms with Gasteiger partial charge in [0.05, 0.1) is 11.7 Å². The van der Waals surface area contributed by atoms with E-state index in [0.29, 0.717) is 12.8 Å². The van der Waals surface area contributed by atoms with Crippen LogP contribution in [0.4, 0.5) is 0 Å². The molecule has 0 rings (SSSR count). The molecule has 0 aromatic carbocycles. The standard InChI is InChI=1S/C13H26N2O5S/c1-6-13(7-2,11(17)18)8-10(16)14-9-12(3,4)15-21(5,19)20/h15H,6-9H2,1-5H3,(H,14,16)(H,17,18). The molecule has 124 valence electrons. The third-order valence-corrected chi connectivity index (χ3v) is 4.42. The summed E-state index contributed by atoms with van der Waals surface area (Å²) in [5, 5.41) is 11.9. The van der Waals surface area contributed by atoms with E-state index in [0.717, 1.165) is 6.26 Å². The minimum absolute atomic E-state index is 0.0853. The third-order valence-electron chi connectivity index (χ3n) is 3.50. The minimum Gasteiger partial charge on any atom is -0.481 e. The summed E-state index contributed by atoms with van der Waals surface area (Å²) in [7, 11) is -3.38. The van der Waals surface area contributed by atoms with Crippen molar-refractivity contribution in [3.05, 3.63) is 0 Å². The Morgan fingerprint density at radius 2 is 1.62 bits per heavy atom. The summed E-state index contributed by atoms with van der Waals surface area (Å²) in [5.41, 5.74) is -1.91. The van der Waals surface area contributed by atoms with Crippen molar-refractivity contribution in [1.82, 2.24) is 10.0 Å². The normalized spacial score (nSPS) is 13.0. The van der Waals surface area contributed by atoms with Crippen LogP contribution in [0.3, 0.4) is 0 Å². The van der Waals surface area contributed by atoms with E-state index < -0.39 is 32.9 Å². The average Bonchev–Trinajstić information content (AvgIpc) is 2.30. The first-order valence-electron chi connectivity index (χ1n) is 6.86. The van der Waals surface area contributed by atoms with Gasteiger partial charge in [-0.05, 0) is 26.7 Å². The molecule has 8 heteroatoms. The number of sulfonamides is 1. The molecule has 0 saturated carbocycles. The molecule has 21 heavy (non-hydrogen) atoms. The van der Waals surface area contributed by atoms with Gasteiger partial charge in [-0.2, -0.15) is 0 Å². The van der Waals surface area contributed by atoms with Crippen LogP contribution in [0.15, 0.2) is 0 Å². The molecule has 0 radical (unpaired) electrons. The lowest BCUT2D eigenvalue weighted by Gasteiger charge is -2.28. The fourth-order valence-corrected chi connectivity index (χ4v) is 3.18. The van der Waals surface area contributed by atoms with E-state index in [9.17, 15) is 23.1 Å². The molecule has 0 saturated heterocycles. The molecular formula is C13H26N2O5S. The van der Waals surface area contributed by atoms with E-state index in [2.05, 4.69) is 10.0 Å². The number of amides is 1. The van der Waals surface area contributed by atoms with Crippen molar-refractivity contribution in [2.75, 3.05) is 12.8 Å². The highest BCUT2D eigenvalue weighted by Crippen LogP contribution is 2.30. The van der Waals surface area contributed by atoms with E-state index in [1.165, 1.54) is 0 Å². The van der Waals surface area contributed by atoms with Crippen LogP contribution in [0.25, 0.3) is 0 Å². The van der Waals surface area contributed by atoms with E-state index in [1.807, 2.05) is 0 Å². The highest BCUT2D eigenvalue weighted by molar-refractivity contribution is 7.88. The number of carboxylic acid groups (broad SMARTS) is 1. The second-order valence-corrected chi connectivity index (χ2v) is 7.75. The molecule has 0 aromatic heterocycles. The predicted octanol–water partition coefficient (Wildman–Crippen LogP) is 0.712. The van der Waals surface area contributed by atoms with Gasteiger partial charge in [-0.1, -0.05) is 13.8 Å². The fourth-order valence-electron chi connectivity index (χ4n) is 2.11. The van der Waals surface area contributed by atoms with Gasteiger partial charge in [-0.25, -0.2) is 13.1 Å². The van der Waals surface area contributed by atoms with Crippen molar-refractivity contribution in [1.29, 1.82) is 0 Å². The second-order valence-electron chi connectivity index (χ2n) is 6.00. The number of rotatable bonds is 9. The molecular weight excluding hydrogens is 296 g/mol. The number of hydrogen-bond donors (Lipinski definition) is 3. The molecule has 0 heterocycles. The monoisotopic (exact) mass is 322 g/mol. The maximum atomic E-state index is 11.9. The predicted molar refractivity (Wildman–Crippen MR) is 80.3 cm³/mol. The average molecular weight is 322 g/mol. The molecule has 0 spiro atoms. The van der Waals surface area contributed by atoms with Crippen molar-refractivity contribution in [2.24, 2.45) is 5.41 Å². The lowest BCUT2D eigenvalue weighted by Crippen LogP contribution is -2.51. The Bertz CT molecular complexity index is 481. The van der Waals surface area contributed by atoms with Gasteiger partial charge in [-0.15, -0.1) is 0 Å². The first-order valence-corrected chi connectivity index (χ1v) is 8.75. The van der Waals surface area contributed by atoms with Crippen LogP contribution in [0.2, 0.25) is 0 Å². The van der Waals surface area contributed by atoms with Crippen LogP contribution in [0.1, 0.15) is 47.0 Å². The Hall–Kier alpha value is -1.15. The lowest BCUT2D eigenvalue weighted by atomic mass is 9.79. The van der Waals surface area contributed by atoms with Crippen LogP contribution < -0.4 is 10.0 Å². The highest BCUT2D eigenvalue weighted by Gasteiger charge is 2.37. The van der Waals surface area contributed by atoms with Crippen molar-refractivity contribution >= 4 is 21.9 Å². The van der Waals surface area contributed by atoms with Crippen LogP contribution >= 0.6 is 0 Å². The van der Waals surface area contributed by atoms with E-state index in [-0.39, 0.29) is 13.0 Å². The summed E-state index contributed by atoms with van der Waals surface area (Å²) in [4.78, 5) is 23.3. The van der Waals surface area contributed by atoms with E-state index >= 15 is 0 Å². The zero-order valence-electron chi connectivity index (χ0n) is 13.3. The van der Waals surface area contributed by atoms with Gasteiger partial charge < -0.3 is 10.4 Å². The molecule has 0 unspecified atom stereocenters. The molecule has 3 N–H and O–H groups in total. The van der Waals surface area contributed by atoms with Gasteiger partial charge in [0.1, 0.15) is 0 Å². The molecule has 0 aliphatic carbocycles. The van der Waals surface area contributed by atoms with Crippen molar-refractivity contribution in [3.8, 4) is 0 Å². The Balaban J connectivity index is 4.68. The number of carbonyl (C=O) groups excluding carboxylic acids is 1. The van der Waals surface area contributed by atoms with Crippen molar-refractivity contribution in [2.45, 2.75) is 52.5 Å². The van der Waals surface area contributed by atoms with E-state index in [1.54, 1.807) is 27.7 Å². The van der Waals surface area contributed by atoms with E-state index in [4.69, 9.17) is 0 Å². The number of nitrogens with one attached hydrogen (secondary N) is 2. The third kappa shape index (κ3) is 6.90. The van der Waals surface area contributed by atoms with Gasteiger partial charge in [0, 0.05) is 18.5 Å². The Morgan fingerprint density at radius 3 is 1.95 bits per heavy atom. The highest BCUT2D eigenvalue weighted by atomic mass is 32.2. The summed E-state index contributed by atoms with van der Waals surface area (Å²) in [6.45, 7) is 6.83. The molecule has 0 bridgehead atoms. The lowest BCUT2D eigenvalue weighted by molar-refractivity contribution is -0.152. The first-order chi connectivity index (χ1) is 9.37. The smallest absolute Gasteiger partial charge is 0.310 e.